The number of hydrogen-bond acceptors (Lipinski definition) is 5. The molecule has 3 aliphatic heterocycles. The highest BCUT2D eigenvalue weighted by atomic mass is 16.2. The van der Waals surface area contributed by atoms with Gasteiger partial charge in [-0.1, -0.05) is 38.2 Å². The van der Waals surface area contributed by atoms with Gasteiger partial charge in [-0.25, -0.2) is 0 Å². The summed E-state index contributed by atoms with van der Waals surface area (Å²) < 4.78 is 0. The minimum absolute atomic E-state index is 0.0186. The van der Waals surface area contributed by atoms with Crippen molar-refractivity contribution in [1.29, 1.82) is 0 Å². The Bertz CT molecular complexity index is 1020. The maximum absolute atomic E-state index is 13.7. The maximum Gasteiger partial charge on any atom is 0.263 e. The average molecular weight is 495 g/mol. The highest BCUT2D eigenvalue weighted by Gasteiger charge is 2.42. The normalized spacial score (nSPS) is 24.0. The Labute approximate surface area is 213 Å². The lowest BCUT2D eigenvalue weighted by Crippen LogP contribution is -2.53. The first-order valence-corrected chi connectivity index (χ1v) is 13.8. The molecule has 1 aliphatic carbocycles. The third-order valence-electron chi connectivity index (χ3n) is 8.51. The molecule has 0 bridgehead atoms. The number of hydrogen-bond donors (Lipinski definition) is 0. The van der Waals surface area contributed by atoms with Gasteiger partial charge in [-0.3, -0.25) is 24.1 Å². The highest BCUT2D eigenvalue weighted by Crippen LogP contribution is 2.37. The number of imide groups is 1. The van der Waals surface area contributed by atoms with E-state index in [1.807, 2.05) is 17.0 Å². The minimum Gasteiger partial charge on any atom is -0.370 e. The van der Waals surface area contributed by atoms with Crippen molar-refractivity contribution in [3.05, 3.63) is 29.3 Å². The van der Waals surface area contributed by atoms with Crippen LogP contribution in [-0.2, 0) is 9.59 Å². The third-order valence-corrected chi connectivity index (χ3v) is 8.51. The fraction of sp³-hybridized carbons (Fsp3) is 0.643. The van der Waals surface area contributed by atoms with E-state index < -0.39 is 0 Å². The maximum atomic E-state index is 13.7. The zero-order valence-electron chi connectivity index (χ0n) is 21.4. The number of benzene rings is 1. The first-order valence-electron chi connectivity index (χ1n) is 13.8. The van der Waals surface area contributed by atoms with Crippen molar-refractivity contribution in [3.63, 3.8) is 0 Å². The second-order valence-corrected chi connectivity index (χ2v) is 10.8. The van der Waals surface area contributed by atoms with Gasteiger partial charge in [-0.2, -0.15) is 0 Å². The van der Waals surface area contributed by atoms with Gasteiger partial charge in [0.05, 0.1) is 22.7 Å². The number of carbonyl (C=O) groups is 4. The van der Waals surface area contributed by atoms with Crippen LogP contribution in [0.1, 0.15) is 85.4 Å². The standard InChI is InChI=1S/C28H38N4O4/c1-20(33)29-15-17-30(18-16-29)26(34)21-9-8-14-31(19-21)24-13-7-12-23-25(24)28(36)32(27(23)35)22-10-5-3-2-4-6-11-22/h7,12-13,21-22H,2-6,8-11,14-19H2,1H3. The van der Waals surface area contributed by atoms with Crippen LogP contribution >= 0.6 is 0 Å². The molecule has 0 aromatic heterocycles. The first kappa shape index (κ1) is 24.8. The zero-order valence-corrected chi connectivity index (χ0v) is 21.4. The van der Waals surface area contributed by atoms with Crippen LogP contribution in [0.2, 0.25) is 0 Å². The molecule has 0 N–H and O–H groups in total. The van der Waals surface area contributed by atoms with Crippen molar-refractivity contribution < 1.29 is 19.2 Å². The van der Waals surface area contributed by atoms with Crippen LogP contribution in [0.4, 0.5) is 5.69 Å². The van der Waals surface area contributed by atoms with Crippen LogP contribution < -0.4 is 4.90 Å². The molecular formula is C28H38N4O4. The monoisotopic (exact) mass is 494 g/mol. The molecule has 4 aliphatic rings. The Morgan fingerprint density at radius 2 is 1.44 bits per heavy atom. The lowest BCUT2D eigenvalue weighted by Gasteiger charge is -2.39. The zero-order chi connectivity index (χ0) is 25.2. The van der Waals surface area contributed by atoms with E-state index in [2.05, 4.69) is 4.90 Å². The van der Waals surface area contributed by atoms with Gasteiger partial charge in [0.25, 0.3) is 11.8 Å². The summed E-state index contributed by atoms with van der Waals surface area (Å²) in [5, 5.41) is 0. The Morgan fingerprint density at radius 1 is 0.778 bits per heavy atom. The fourth-order valence-electron chi connectivity index (χ4n) is 6.47. The van der Waals surface area contributed by atoms with E-state index in [0.29, 0.717) is 43.9 Å². The first-order chi connectivity index (χ1) is 17.5. The van der Waals surface area contributed by atoms with Crippen molar-refractivity contribution in [2.45, 2.75) is 70.8 Å². The predicted octanol–water partition coefficient (Wildman–Crippen LogP) is 3.30. The molecule has 1 atom stereocenters. The molecule has 1 aromatic rings. The molecule has 4 amide bonds. The summed E-state index contributed by atoms with van der Waals surface area (Å²) in [6.45, 7) is 5.18. The van der Waals surface area contributed by atoms with Crippen LogP contribution in [0, 0.1) is 5.92 Å². The molecule has 1 unspecified atom stereocenters. The van der Waals surface area contributed by atoms with Crippen molar-refractivity contribution in [3.8, 4) is 0 Å². The van der Waals surface area contributed by atoms with E-state index in [9.17, 15) is 19.2 Å². The largest absolute Gasteiger partial charge is 0.370 e. The number of piperidine rings is 1. The summed E-state index contributed by atoms with van der Waals surface area (Å²) in [5.74, 6) is -0.279. The topological polar surface area (TPSA) is 81.2 Å². The molecule has 8 nitrogen and oxygen atoms in total. The molecular weight excluding hydrogens is 456 g/mol. The van der Waals surface area contributed by atoms with E-state index in [0.717, 1.165) is 63.6 Å². The Kier molecular flexibility index (Phi) is 7.30. The molecule has 2 saturated heterocycles. The Hall–Kier alpha value is -2.90. The van der Waals surface area contributed by atoms with Crippen LogP contribution in [0.25, 0.3) is 0 Å². The number of carbonyl (C=O) groups excluding carboxylic acids is 4. The van der Waals surface area contributed by atoms with Gasteiger partial charge < -0.3 is 14.7 Å². The molecule has 36 heavy (non-hydrogen) atoms. The molecule has 1 saturated carbocycles. The lowest BCUT2D eigenvalue weighted by molar-refractivity contribution is -0.141. The number of rotatable bonds is 3. The predicted molar refractivity (Wildman–Crippen MR) is 137 cm³/mol. The fourth-order valence-corrected chi connectivity index (χ4v) is 6.47. The van der Waals surface area contributed by atoms with Gasteiger partial charge in [-0.15, -0.1) is 0 Å². The number of fused-ring (bicyclic) bond motifs is 1. The highest BCUT2D eigenvalue weighted by molar-refractivity contribution is 6.24. The summed E-state index contributed by atoms with van der Waals surface area (Å²) in [4.78, 5) is 59.4. The van der Waals surface area contributed by atoms with E-state index in [4.69, 9.17) is 0 Å². The molecule has 8 heteroatoms. The van der Waals surface area contributed by atoms with Crippen molar-refractivity contribution in [2.75, 3.05) is 44.2 Å². The van der Waals surface area contributed by atoms with Gasteiger partial charge in [0, 0.05) is 52.2 Å². The number of anilines is 1. The van der Waals surface area contributed by atoms with E-state index >= 15 is 0 Å². The van der Waals surface area contributed by atoms with Crippen molar-refractivity contribution >= 4 is 29.3 Å². The van der Waals surface area contributed by atoms with Crippen LogP contribution in [0.5, 0.6) is 0 Å². The van der Waals surface area contributed by atoms with Crippen molar-refractivity contribution in [2.24, 2.45) is 5.92 Å². The smallest absolute Gasteiger partial charge is 0.263 e. The van der Waals surface area contributed by atoms with E-state index in [1.54, 1.807) is 22.8 Å². The van der Waals surface area contributed by atoms with Crippen LogP contribution in [0.3, 0.4) is 0 Å². The molecule has 5 rings (SSSR count). The van der Waals surface area contributed by atoms with Crippen molar-refractivity contribution in [1.82, 2.24) is 14.7 Å². The summed E-state index contributed by atoms with van der Waals surface area (Å²) in [5.41, 5.74) is 1.82. The van der Waals surface area contributed by atoms with E-state index in [-0.39, 0.29) is 35.6 Å². The van der Waals surface area contributed by atoms with Gasteiger partial charge in [-0.05, 0) is 37.8 Å². The lowest BCUT2D eigenvalue weighted by atomic mass is 9.94. The second kappa shape index (κ2) is 10.6. The van der Waals surface area contributed by atoms with Crippen LogP contribution in [-0.4, -0.2) is 83.6 Å². The SMILES string of the molecule is CC(=O)N1CCN(C(=O)C2CCCN(c3cccc4c3C(=O)N(C3CCCCCCC3)C4=O)C2)CC1. The summed E-state index contributed by atoms with van der Waals surface area (Å²) in [6, 6.07) is 5.57. The molecule has 194 valence electrons. The van der Waals surface area contributed by atoms with Gasteiger partial charge in [0.1, 0.15) is 0 Å². The quantitative estimate of drug-likeness (QED) is 0.603. The molecule has 3 fully saturated rings. The van der Waals surface area contributed by atoms with Gasteiger partial charge in [0.2, 0.25) is 11.8 Å². The van der Waals surface area contributed by atoms with Gasteiger partial charge in [0.15, 0.2) is 0 Å². The number of nitrogens with zero attached hydrogens (tertiary/aromatic N) is 4. The molecule has 0 radical (unpaired) electrons. The van der Waals surface area contributed by atoms with E-state index in [1.165, 1.54) is 6.42 Å². The average Bonchev–Trinajstić information content (AvgIpc) is 3.13. The third kappa shape index (κ3) is 4.74. The molecule has 1 aromatic carbocycles. The minimum atomic E-state index is -0.162. The van der Waals surface area contributed by atoms with Crippen LogP contribution in [0.15, 0.2) is 18.2 Å². The molecule has 0 spiro atoms. The number of amides is 4. The number of piperazine rings is 1. The summed E-state index contributed by atoms with van der Waals surface area (Å²) in [6.07, 6.45) is 9.13. The summed E-state index contributed by atoms with van der Waals surface area (Å²) >= 11 is 0. The molecule has 3 heterocycles. The van der Waals surface area contributed by atoms with Gasteiger partial charge >= 0.3 is 0 Å². The Morgan fingerprint density at radius 3 is 2.14 bits per heavy atom. The Balaban J connectivity index is 1.31. The summed E-state index contributed by atoms with van der Waals surface area (Å²) in [7, 11) is 0. The second-order valence-electron chi connectivity index (χ2n) is 10.8.